The first-order valence-corrected chi connectivity index (χ1v) is 9.74. The number of aromatic nitrogens is 3. The molecule has 0 saturated carbocycles. The molecule has 3 aromatic rings. The Bertz CT molecular complexity index is 922. The second-order valence-electron chi connectivity index (χ2n) is 7.20. The molecule has 0 radical (unpaired) electrons. The van der Waals surface area contributed by atoms with Crippen LogP contribution in [0.1, 0.15) is 40.6 Å². The van der Waals surface area contributed by atoms with Crippen molar-refractivity contribution in [2.24, 2.45) is 0 Å². The average molecular weight is 379 g/mol. The van der Waals surface area contributed by atoms with Crippen molar-refractivity contribution in [2.45, 2.75) is 32.2 Å². The number of piperidine rings is 1. The summed E-state index contributed by atoms with van der Waals surface area (Å²) in [6.07, 6.45) is 6.36. The fourth-order valence-electron chi connectivity index (χ4n) is 3.37. The molecule has 1 aliphatic rings. The second kappa shape index (κ2) is 8.39. The summed E-state index contributed by atoms with van der Waals surface area (Å²) in [5.74, 6) is 0.436. The van der Waals surface area contributed by atoms with Crippen molar-refractivity contribution in [3.63, 3.8) is 0 Å². The summed E-state index contributed by atoms with van der Waals surface area (Å²) in [6, 6.07) is 10.1. The van der Waals surface area contributed by atoms with E-state index < -0.39 is 0 Å². The van der Waals surface area contributed by atoms with E-state index >= 15 is 0 Å². The molecule has 1 fully saturated rings. The molecule has 1 saturated heterocycles. The summed E-state index contributed by atoms with van der Waals surface area (Å²) < 4.78 is 7.45. The molecule has 0 spiro atoms. The summed E-state index contributed by atoms with van der Waals surface area (Å²) in [7, 11) is 0. The number of oxazole rings is 1. The molecule has 1 unspecified atom stereocenters. The van der Waals surface area contributed by atoms with Crippen molar-refractivity contribution in [3.8, 4) is 11.5 Å². The maximum absolute atomic E-state index is 12.3. The summed E-state index contributed by atoms with van der Waals surface area (Å²) in [5.41, 5.74) is 3.41. The molecule has 1 amide bonds. The van der Waals surface area contributed by atoms with Gasteiger partial charge in [0.05, 0.1) is 11.7 Å². The van der Waals surface area contributed by atoms with Gasteiger partial charge >= 0.3 is 0 Å². The first kappa shape index (κ1) is 18.4. The number of nitrogens with one attached hydrogen (secondary N) is 2. The molecule has 7 nitrogen and oxygen atoms in total. The highest BCUT2D eigenvalue weighted by atomic mass is 16.3. The Morgan fingerprint density at radius 2 is 2.18 bits per heavy atom. The topological polar surface area (TPSA) is 85.0 Å². The minimum absolute atomic E-state index is 0.162. The molecule has 28 heavy (non-hydrogen) atoms. The fourth-order valence-corrected chi connectivity index (χ4v) is 3.37. The lowest BCUT2D eigenvalue weighted by atomic mass is 10.1. The second-order valence-corrected chi connectivity index (χ2v) is 7.20. The Morgan fingerprint density at radius 1 is 1.32 bits per heavy atom. The number of benzene rings is 1. The summed E-state index contributed by atoms with van der Waals surface area (Å²) in [5, 5.41) is 10.7. The van der Waals surface area contributed by atoms with E-state index in [0.29, 0.717) is 30.6 Å². The van der Waals surface area contributed by atoms with Crippen molar-refractivity contribution >= 4 is 5.91 Å². The Kier molecular flexibility index (Phi) is 5.53. The van der Waals surface area contributed by atoms with E-state index in [4.69, 9.17) is 4.42 Å². The molecule has 3 heterocycles. The minimum atomic E-state index is -0.162. The van der Waals surface area contributed by atoms with Gasteiger partial charge in [-0.05, 0) is 44.5 Å². The molecule has 7 heteroatoms. The first-order chi connectivity index (χ1) is 13.7. The molecule has 0 aliphatic carbocycles. The zero-order chi connectivity index (χ0) is 19.3. The highest BCUT2D eigenvalue weighted by Crippen LogP contribution is 2.19. The van der Waals surface area contributed by atoms with Crippen LogP contribution in [0, 0.1) is 6.92 Å². The number of amides is 1. The van der Waals surface area contributed by atoms with Crippen LogP contribution in [-0.4, -0.2) is 40.3 Å². The highest BCUT2D eigenvalue weighted by Gasteiger charge is 2.17. The van der Waals surface area contributed by atoms with Crippen LogP contribution in [-0.2, 0) is 6.42 Å². The van der Waals surface area contributed by atoms with Crippen molar-refractivity contribution in [1.29, 1.82) is 0 Å². The van der Waals surface area contributed by atoms with E-state index in [0.717, 1.165) is 37.2 Å². The maximum atomic E-state index is 12.3. The number of carbonyl (C=O) groups excluding carboxylic acids is 1. The van der Waals surface area contributed by atoms with Crippen molar-refractivity contribution in [1.82, 2.24) is 25.4 Å². The number of aryl methyl sites for hydroxylation is 1. The predicted octanol–water partition coefficient (Wildman–Crippen LogP) is 2.74. The Morgan fingerprint density at radius 3 is 2.96 bits per heavy atom. The summed E-state index contributed by atoms with van der Waals surface area (Å²) >= 11 is 0. The number of hydrogen-bond donors (Lipinski definition) is 2. The van der Waals surface area contributed by atoms with Gasteiger partial charge in [0.1, 0.15) is 12.0 Å². The highest BCUT2D eigenvalue weighted by molar-refractivity contribution is 5.92. The quantitative estimate of drug-likeness (QED) is 0.688. The number of nitrogens with zero attached hydrogens (tertiary/aromatic N) is 3. The average Bonchev–Trinajstić information content (AvgIpc) is 3.39. The molecule has 2 aromatic heterocycles. The predicted molar refractivity (Wildman–Crippen MR) is 106 cm³/mol. The Labute approximate surface area is 164 Å². The standard InChI is InChI=1S/C21H25N5O2/c1-15-4-6-16(7-5-15)21-24-17(14-28-21)8-11-23-20(27)19-9-12-26(25-19)18-3-2-10-22-13-18/h4-7,9,12,14,18,22H,2-3,8,10-11,13H2,1H3,(H,23,27). The molecular formula is C21H25N5O2. The smallest absolute Gasteiger partial charge is 0.271 e. The number of carbonyl (C=O) groups is 1. The lowest BCUT2D eigenvalue weighted by Crippen LogP contribution is -2.32. The molecule has 146 valence electrons. The summed E-state index contributed by atoms with van der Waals surface area (Å²) in [6.45, 7) is 4.48. The molecular weight excluding hydrogens is 354 g/mol. The summed E-state index contributed by atoms with van der Waals surface area (Å²) in [4.78, 5) is 16.8. The van der Waals surface area contributed by atoms with E-state index in [1.165, 1.54) is 5.56 Å². The van der Waals surface area contributed by atoms with Crippen LogP contribution in [0.5, 0.6) is 0 Å². The third-order valence-corrected chi connectivity index (χ3v) is 5.00. The first-order valence-electron chi connectivity index (χ1n) is 9.74. The van der Waals surface area contributed by atoms with E-state index in [9.17, 15) is 4.79 Å². The van der Waals surface area contributed by atoms with Crippen LogP contribution in [0.15, 0.2) is 47.2 Å². The van der Waals surface area contributed by atoms with Gasteiger partial charge in [-0.3, -0.25) is 9.48 Å². The van der Waals surface area contributed by atoms with Gasteiger partial charge in [-0.25, -0.2) is 4.98 Å². The van der Waals surface area contributed by atoms with Crippen LogP contribution in [0.4, 0.5) is 0 Å². The van der Waals surface area contributed by atoms with Crippen LogP contribution in [0.2, 0.25) is 0 Å². The zero-order valence-electron chi connectivity index (χ0n) is 16.0. The van der Waals surface area contributed by atoms with Gasteiger partial charge in [0.2, 0.25) is 5.89 Å². The van der Waals surface area contributed by atoms with Crippen molar-refractivity contribution in [3.05, 3.63) is 59.7 Å². The lowest BCUT2D eigenvalue weighted by molar-refractivity contribution is 0.0947. The monoisotopic (exact) mass is 379 g/mol. The van der Waals surface area contributed by atoms with Gasteiger partial charge in [-0.2, -0.15) is 5.10 Å². The number of hydrogen-bond acceptors (Lipinski definition) is 5. The van der Waals surface area contributed by atoms with Gasteiger partial charge in [-0.15, -0.1) is 0 Å². The molecule has 4 rings (SSSR count). The van der Waals surface area contributed by atoms with Gasteiger partial charge in [0.15, 0.2) is 0 Å². The van der Waals surface area contributed by atoms with Crippen LogP contribution < -0.4 is 10.6 Å². The van der Waals surface area contributed by atoms with Crippen molar-refractivity contribution in [2.75, 3.05) is 19.6 Å². The SMILES string of the molecule is Cc1ccc(-c2nc(CCNC(=O)c3ccn(C4CCCNC4)n3)co2)cc1. The maximum Gasteiger partial charge on any atom is 0.271 e. The number of rotatable bonds is 6. The van der Waals surface area contributed by atoms with Gasteiger partial charge in [0, 0.05) is 31.3 Å². The van der Waals surface area contributed by atoms with Crippen molar-refractivity contribution < 1.29 is 9.21 Å². The van der Waals surface area contributed by atoms with Gasteiger partial charge in [0.25, 0.3) is 5.91 Å². The Hall–Kier alpha value is -2.93. The van der Waals surface area contributed by atoms with Crippen LogP contribution in [0.25, 0.3) is 11.5 Å². The third kappa shape index (κ3) is 4.31. The zero-order valence-corrected chi connectivity index (χ0v) is 16.0. The van der Waals surface area contributed by atoms with E-state index in [1.54, 1.807) is 12.3 Å². The van der Waals surface area contributed by atoms with E-state index in [2.05, 4.69) is 20.7 Å². The third-order valence-electron chi connectivity index (χ3n) is 5.00. The molecule has 0 bridgehead atoms. The normalized spacial score (nSPS) is 16.8. The minimum Gasteiger partial charge on any atom is -0.444 e. The molecule has 2 N–H and O–H groups in total. The van der Waals surface area contributed by atoms with Gasteiger partial charge < -0.3 is 15.1 Å². The van der Waals surface area contributed by atoms with Crippen LogP contribution in [0.3, 0.4) is 0 Å². The van der Waals surface area contributed by atoms with E-state index in [-0.39, 0.29) is 5.91 Å². The van der Waals surface area contributed by atoms with Crippen LogP contribution >= 0.6 is 0 Å². The fraction of sp³-hybridized carbons (Fsp3) is 0.381. The largest absolute Gasteiger partial charge is 0.444 e. The lowest BCUT2D eigenvalue weighted by Gasteiger charge is -2.22. The van der Waals surface area contributed by atoms with E-state index in [1.807, 2.05) is 42.1 Å². The molecule has 1 aliphatic heterocycles. The molecule has 1 atom stereocenters. The van der Waals surface area contributed by atoms with Gasteiger partial charge in [-0.1, -0.05) is 17.7 Å². The Balaban J connectivity index is 1.29. The molecule has 1 aromatic carbocycles.